The van der Waals surface area contributed by atoms with Gasteiger partial charge in [0, 0.05) is 22.4 Å². The lowest BCUT2D eigenvalue weighted by Crippen LogP contribution is -2.02. The van der Waals surface area contributed by atoms with E-state index in [1.54, 1.807) is 0 Å². The quantitative estimate of drug-likeness (QED) is 0.231. The second-order valence-corrected chi connectivity index (χ2v) is 9.28. The minimum absolute atomic E-state index is 0.107. The average Bonchev–Trinajstić information content (AvgIpc) is 3.02. The Labute approximate surface area is 231 Å². The van der Waals surface area contributed by atoms with Crippen molar-refractivity contribution in [2.75, 3.05) is 0 Å². The highest BCUT2D eigenvalue weighted by atomic mass is 19.1. The van der Waals surface area contributed by atoms with Crippen LogP contribution in [0.2, 0.25) is 0 Å². The molecule has 2 heterocycles. The average molecular weight is 520 g/mol. The van der Waals surface area contributed by atoms with E-state index in [1.807, 2.05) is 110 Å². The highest BCUT2D eigenvalue weighted by molar-refractivity contribution is 5.76. The van der Waals surface area contributed by atoms with Crippen LogP contribution in [0.1, 0.15) is 11.3 Å². The number of hydrogen-bond donors (Lipinski definition) is 0. The standard InChI is InChI=1S/C34H22FN5/c1-22-17-29(24-11-5-2-6-12-24)38-33(37-22)27-18-23(21-36)19-28(32(27)35)34-39-30(25-13-7-3-8-14-25)20-31(40-34)26-15-9-4-10-16-26/h2-20H,1H3. The van der Waals surface area contributed by atoms with Crippen molar-refractivity contribution in [3.8, 4) is 62.6 Å². The van der Waals surface area contributed by atoms with Gasteiger partial charge in [-0.2, -0.15) is 5.26 Å². The molecule has 0 saturated heterocycles. The van der Waals surface area contributed by atoms with E-state index in [1.165, 1.54) is 12.1 Å². The van der Waals surface area contributed by atoms with Crippen LogP contribution >= 0.6 is 0 Å². The van der Waals surface area contributed by atoms with Gasteiger partial charge in [-0.3, -0.25) is 0 Å². The van der Waals surface area contributed by atoms with E-state index in [9.17, 15) is 5.26 Å². The highest BCUT2D eigenvalue weighted by Gasteiger charge is 2.21. The minimum Gasteiger partial charge on any atom is -0.233 e. The predicted octanol–water partition coefficient (Wildman–Crippen LogP) is 7.92. The summed E-state index contributed by atoms with van der Waals surface area (Å²) in [5.41, 5.74) is 5.74. The molecule has 0 N–H and O–H groups in total. The zero-order valence-corrected chi connectivity index (χ0v) is 21.6. The van der Waals surface area contributed by atoms with Crippen molar-refractivity contribution in [3.63, 3.8) is 0 Å². The van der Waals surface area contributed by atoms with Gasteiger partial charge in [-0.05, 0) is 31.2 Å². The minimum atomic E-state index is -0.590. The second-order valence-electron chi connectivity index (χ2n) is 9.28. The molecule has 4 aromatic carbocycles. The molecule has 6 aromatic rings. The smallest absolute Gasteiger partial charge is 0.163 e. The molecule has 0 aliphatic carbocycles. The van der Waals surface area contributed by atoms with Gasteiger partial charge in [-0.1, -0.05) is 91.0 Å². The van der Waals surface area contributed by atoms with Crippen molar-refractivity contribution in [2.45, 2.75) is 6.92 Å². The topological polar surface area (TPSA) is 75.3 Å². The third-order valence-electron chi connectivity index (χ3n) is 6.47. The summed E-state index contributed by atoms with van der Waals surface area (Å²) in [7, 11) is 0. The summed E-state index contributed by atoms with van der Waals surface area (Å²) in [5, 5.41) is 9.87. The molecule has 190 valence electrons. The van der Waals surface area contributed by atoms with Crippen molar-refractivity contribution < 1.29 is 4.39 Å². The van der Waals surface area contributed by atoms with E-state index in [0.717, 1.165) is 16.7 Å². The third kappa shape index (κ3) is 4.96. The molecule has 0 aliphatic heterocycles. The van der Waals surface area contributed by atoms with Crippen molar-refractivity contribution in [1.82, 2.24) is 19.9 Å². The van der Waals surface area contributed by atoms with Crippen LogP contribution in [0.25, 0.3) is 56.5 Å². The van der Waals surface area contributed by atoms with Crippen LogP contribution in [0, 0.1) is 24.1 Å². The molecule has 0 fully saturated rings. The molecule has 0 atom stereocenters. The number of halogens is 1. The van der Waals surface area contributed by atoms with Crippen molar-refractivity contribution in [3.05, 3.63) is 132 Å². The van der Waals surface area contributed by atoms with Crippen LogP contribution in [0.5, 0.6) is 0 Å². The summed E-state index contributed by atoms with van der Waals surface area (Å²) in [6.45, 7) is 1.84. The van der Waals surface area contributed by atoms with E-state index >= 15 is 4.39 Å². The molecule has 0 aliphatic rings. The highest BCUT2D eigenvalue weighted by Crippen LogP contribution is 2.33. The Bertz CT molecular complexity index is 1810. The van der Waals surface area contributed by atoms with Crippen molar-refractivity contribution in [2.24, 2.45) is 0 Å². The fraction of sp³-hybridized carbons (Fsp3) is 0.0294. The van der Waals surface area contributed by atoms with Crippen molar-refractivity contribution >= 4 is 0 Å². The van der Waals surface area contributed by atoms with E-state index in [0.29, 0.717) is 22.8 Å². The van der Waals surface area contributed by atoms with Crippen LogP contribution < -0.4 is 0 Å². The summed E-state index contributed by atoms with van der Waals surface area (Å²) in [4.78, 5) is 18.7. The van der Waals surface area contributed by atoms with Gasteiger partial charge < -0.3 is 0 Å². The summed E-state index contributed by atoms with van der Waals surface area (Å²) >= 11 is 0. The van der Waals surface area contributed by atoms with Crippen LogP contribution in [0.4, 0.5) is 4.39 Å². The summed E-state index contributed by atoms with van der Waals surface area (Å²) < 4.78 is 16.4. The molecule has 6 rings (SSSR count). The van der Waals surface area contributed by atoms with Crippen LogP contribution in [0.15, 0.2) is 115 Å². The van der Waals surface area contributed by atoms with Gasteiger partial charge in [0.1, 0.15) is 5.82 Å². The van der Waals surface area contributed by atoms with E-state index in [-0.39, 0.29) is 28.3 Å². The maximum atomic E-state index is 16.4. The Balaban J connectivity index is 1.57. The number of rotatable bonds is 5. The van der Waals surface area contributed by atoms with Gasteiger partial charge in [-0.15, -0.1) is 0 Å². The maximum absolute atomic E-state index is 16.4. The number of aromatic nitrogens is 4. The van der Waals surface area contributed by atoms with E-state index < -0.39 is 5.82 Å². The Hall–Kier alpha value is -5.54. The molecular formula is C34H22FN5. The number of nitrogens with zero attached hydrogens (tertiary/aromatic N) is 5. The summed E-state index contributed by atoms with van der Waals surface area (Å²) in [6.07, 6.45) is 0. The van der Waals surface area contributed by atoms with Gasteiger partial charge in [0.15, 0.2) is 11.6 Å². The zero-order chi connectivity index (χ0) is 27.5. The summed E-state index contributed by atoms with van der Waals surface area (Å²) in [5.74, 6) is -0.225. The van der Waals surface area contributed by atoms with E-state index in [4.69, 9.17) is 9.97 Å². The SMILES string of the molecule is Cc1cc(-c2ccccc2)nc(-c2cc(C#N)cc(-c3nc(-c4ccccc4)cc(-c4ccccc4)n3)c2F)n1. The molecule has 2 aromatic heterocycles. The normalized spacial score (nSPS) is 10.7. The van der Waals surface area contributed by atoms with Gasteiger partial charge in [0.05, 0.1) is 39.8 Å². The van der Waals surface area contributed by atoms with Crippen LogP contribution in [0.3, 0.4) is 0 Å². The number of aryl methyl sites for hydroxylation is 1. The van der Waals surface area contributed by atoms with Gasteiger partial charge in [0.25, 0.3) is 0 Å². The molecule has 0 spiro atoms. The first-order chi connectivity index (χ1) is 19.6. The first-order valence-corrected chi connectivity index (χ1v) is 12.7. The van der Waals surface area contributed by atoms with E-state index in [2.05, 4.69) is 16.0 Å². The molecule has 40 heavy (non-hydrogen) atoms. The molecule has 0 amide bonds. The monoisotopic (exact) mass is 519 g/mol. The number of hydrogen-bond acceptors (Lipinski definition) is 5. The molecule has 0 bridgehead atoms. The van der Waals surface area contributed by atoms with Crippen LogP contribution in [-0.4, -0.2) is 19.9 Å². The van der Waals surface area contributed by atoms with Gasteiger partial charge in [-0.25, -0.2) is 24.3 Å². The van der Waals surface area contributed by atoms with Crippen LogP contribution in [-0.2, 0) is 0 Å². The first-order valence-electron chi connectivity index (χ1n) is 12.7. The third-order valence-corrected chi connectivity index (χ3v) is 6.47. The van der Waals surface area contributed by atoms with Gasteiger partial charge >= 0.3 is 0 Å². The molecule has 0 radical (unpaired) electrons. The maximum Gasteiger partial charge on any atom is 0.163 e. The zero-order valence-electron chi connectivity index (χ0n) is 21.6. The van der Waals surface area contributed by atoms with Gasteiger partial charge in [0.2, 0.25) is 0 Å². The fourth-order valence-corrected chi connectivity index (χ4v) is 4.54. The second kappa shape index (κ2) is 10.7. The molecule has 6 heteroatoms. The Morgan fingerprint density at radius 1 is 0.550 bits per heavy atom. The van der Waals surface area contributed by atoms with Crippen molar-refractivity contribution in [1.29, 1.82) is 5.26 Å². The molecular weight excluding hydrogens is 497 g/mol. The fourth-order valence-electron chi connectivity index (χ4n) is 4.54. The molecule has 0 saturated carbocycles. The Morgan fingerprint density at radius 3 is 1.38 bits per heavy atom. The number of nitriles is 1. The lowest BCUT2D eigenvalue weighted by molar-refractivity contribution is 0.632. The lowest BCUT2D eigenvalue weighted by atomic mass is 10.0. The Kier molecular flexibility index (Phi) is 6.61. The summed E-state index contributed by atoms with van der Waals surface area (Å²) in [6, 6.07) is 37.8. The lowest BCUT2D eigenvalue weighted by Gasteiger charge is -2.13. The molecule has 5 nitrogen and oxygen atoms in total. The Morgan fingerprint density at radius 2 is 0.950 bits per heavy atom. The first kappa shape index (κ1) is 24.8. The largest absolute Gasteiger partial charge is 0.233 e. The predicted molar refractivity (Wildman–Crippen MR) is 154 cm³/mol. The number of benzene rings is 4. The molecule has 0 unspecified atom stereocenters.